The van der Waals surface area contributed by atoms with Crippen LogP contribution in [0.5, 0.6) is 0 Å². The molecule has 2 aromatic carbocycles. The zero-order chi connectivity index (χ0) is 30.3. The number of benzene rings is 2. The van der Waals surface area contributed by atoms with E-state index >= 15 is 0 Å². The topological polar surface area (TPSA) is 102 Å². The lowest BCUT2D eigenvalue weighted by molar-refractivity contribution is -0.145. The summed E-state index contributed by atoms with van der Waals surface area (Å²) in [5, 5.41) is 18.2. The molecule has 42 heavy (non-hydrogen) atoms. The third-order valence-electron chi connectivity index (χ3n) is 7.86. The van der Waals surface area contributed by atoms with E-state index in [-0.39, 0.29) is 36.4 Å². The van der Waals surface area contributed by atoms with Gasteiger partial charge in [0.1, 0.15) is 0 Å². The number of unbranched alkanes of at least 4 members (excludes halogenated alkanes) is 2. The fraction of sp³-hybridized carbons (Fsp3) is 0.486. The number of esters is 2. The van der Waals surface area contributed by atoms with Gasteiger partial charge < -0.3 is 24.4 Å². The Labute approximate surface area is 250 Å². The number of ether oxygens (including phenoxy) is 3. The Hall–Kier alpha value is -3.26. The maximum absolute atomic E-state index is 11.9. The van der Waals surface area contributed by atoms with Crippen molar-refractivity contribution in [2.45, 2.75) is 70.3 Å². The number of hydrogen-bond donors (Lipinski definition) is 2. The minimum Gasteiger partial charge on any atom is -0.462 e. The highest BCUT2D eigenvalue weighted by molar-refractivity contribution is 5.88. The zero-order valence-electron chi connectivity index (χ0n) is 24.9. The van der Waals surface area contributed by atoms with E-state index in [0.29, 0.717) is 18.9 Å². The van der Waals surface area contributed by atoms with Crippen molar-refractivity contribution in [3.63, 3.8) is 0 Å². The van der Waals surface area contributed by atoms with Crippen molar-refractivity contribution in [1.29, 1.82) is 0 Å². The highest BCUT2D eigenvalue weighted by Crippen LogP contribution is 2.32. The smallest absolute Gasteiger partial charge is 0.335 e. The third-order valence-corrected chi connectivity index (χ3v) is 7.86. The monoisotopic (exact) mass is 578 g/mol. The molecule has 0 aromatic heterocycles. The summed E-state index contributed by atoms with van der Waals surface area (Å²) in [5.41, 5.74) is 5.04. The quantitative estimate of drug-likeness (QED) is 0.136. The van der Waals surface area contributed by atoms with Crippen molar-refractivity contribution in [3.8, 4) is 11.1 Å². The van der Waals surface area contributed by atoms with Crippen LogP contribution in [0, 0.1) is 5.92 Å². The van der Waals surface area contributed by atoms with Crippen molar-refractivity contribution < 1.29 is 34.0 Å². The average Bonchev–Trinajstić information content (AvgIpc) is 3.04. The molecule has 0 radical (unpaired) electrons. The molecule has 0 spiro atoms. The molecule has 2 N–H and O–H groups in total. The molecule has 7 nitrogen and oxygen atoms in total. The maximum atomic E-state index is 11.9. The Morgan fingerprint density at radius 2 is 1.45 bits per heavy atom. The highest BCUT2D eigenvalue weighted by atomic mass is 16.5. The van der Waals surface area contributed by atoms with Crippen LogP contribution < -0.4 is 0 Å². The first kappa shape index (κ1) is 33.2. The summed E-state index contributed by atoms with van der Waals surface area (Å²) < 4.78 is 16.7. The van der Waals surface area contributed by atoms with Gasteiger partial charge in [-0.1, -0.05) is 81.5 Å². The molecular weight excluding hydrogens is 532 g/mol. The molecule has 7 heteroatoms. The van der Waals surface area contributed by atoms with E-state index < -0.39 is 25.2 Å². The molecule has 2 atom stereocenters. The van der Waals surface area contributed by atoms with Crippen LogP contribution in [-0.2, 0) is 30.2 Å². The molecule has 2 unspecified atom stereocenters. The van der Waals surface area contributed by atoms with Gasteiger partial charge in [0.25, 0.3) is 0 Å². The summed E-state index contributed by atoms with van der Waals surface area (Å²) in [7, 11) is 0. The second-order valence-electron chi connectivity index (χ2n) is 11.2. The molecule has 0 aliphatic carbocycles. The molecule has 0 saturated carbocycles. The number of carbonyl (C=O) groups excluding carboxylic acids is 2. The molecule has 1 aliphatic heterocycles. The Morgan fingerprint density at radius 3 is 1.95 bits per heavy atom. The summed E-state index contributed by atoms with van der Waals surface area (Å²) >= 11 is 0. The summed E-state index contributed by atoms with van der Waals surface area (Å²) in [6.45, 7) is 8.88. The van der Waals surface area contributed by atoms with Crippen LogP contribution in [0.15, 0.2) is 72.8 Å². The van der Waals surface area contributed by atoms with Crippen LogP contribution in [0.4, 0.5) is 0 Å². The van der Waals surface area contributed by atoms with Gasteiger partial charge in [-0.25, -0.2) is 9.59 Å². The summed E-state index contributed by atoms with van der Waals surface area (Å²) in [4.78, 5) is 23.9. The predicted molar refractivity (Wildman–Crippen MR) is 164 cm³/mol. The summed E-state index contributed by atoms with van der Waals surface area (Å²) in [6.07, 6.45) is 8.20. The molecule has 0 bridgehead atoms. The lowest BCUT2D eigenvalue weighted by Crippen LogP contribution is -2.27. The second-order valence-corrected chi connectivity index (χ2v) is 11.2. The van der Waals surface area contributed by atoms with Gasteiger partial charge in [0.05, 0.1) is 50.3 Å². The van der Waals surface area contributed by atoms with E-state index in [1.165, 1.54) is 41.5 Å². The summed E-state index contributed by atoms with van der Waals surface area (Å²) in [6, 6.07) is 17.7. The molecule has 3 rings (SSSR count). The SMILES string of the molecule is C=C(CO)C(=O)OCC(CCC1CCC(c2ccc(-c3ccc(CCCCC)cc3)cc2)CO1)COC(=O)C(=C)CO. The highest BCUT2D eigenvalue weighted by Gasteiger charge is 2.25. The number of aliphatic hydroxyl groups is 2. The van der Waals surface area contributed by atoms with Crippen molar-refractivity contribution in [2.24, 2.45) is 5.92 Å². The second kappa shape index (κ2) is 17.6. The van der Waals surface area contributed by atoms with E-state index in [2.05, 4.69) is 68.6 Å². The zero-order valence-corrected chi connectivity index (χ0v) is 24.9. The van der Waals surface area contributed by atoms with Crippen molar-refractivity contribution >= 4 is 11.9 Å². The minimum absolute atomic E-state index is 0.0139. The van der Waals surface area contributed by atoms with Gasteiger partial charge in [0.15, 0.2) is 0 Å². The number of aryl methyl sites for hydroxylation is 1. The normalized spacial score (nSPS) is 16.7. The molecule has 1 fully saturated rings. The molecule has 228 valence electrons. The Kier molecular flexibility index (Phi) is 14.0. The van der Waals surface area contributed by atoms with E-state index in [4.69, 9.17) is 24.4 Å². The number of carbonyl (C=O) groups is 2. The number of rotatable bonds is 17. The lowest BCUT2D eigenvalue weighted by atomic mass is 9.88. The van der Waals surface area contributed by atoms with Crippen LogP contribution in [0.25, 0.3) is 11.1 Å². The molecular formula is C35H46O7. The first-order valence-electron chi connectivity index (χ1n) is 15.1. The molecule has 2 aromatic rings. The molecule has 1 saturated heterocycles. The fourth-order valence-corrected chi connectivity index (χ4v) is 5.04. The van der Waals surface area contributed by atoms with Crippen molar-refractivity contribution in [2.75, 3.05) is 33.0 Å². The van der Waals surface area contributed by atoms with Crippen LogP contribution in [0.2, 0.25) is 0 Å². The van der Waals surface area contributed by atoms with Gasteiger partial charge in [-0.3, -0.25) is 0 Å². The Bertz CT molecular complexity index is 1110. The van der Waals surface area contributed by atoms with Gasteiger partial charge in [0.2, 0.25) is 0 Å². The Balaban J connectivity index is 1.48. The van der Waals surface area contributed by atoms with Crippen molar-refractivity contribution in [3.05, 3.63) is 84.0 Å². The van der Waals surface area contributed by atoms with E-state index in [1.54, 1.807) is 0 Å². The maximum Gasteiger partial charge on any atom is 0.335 e. The number of hydrogen-bond acceptors (Lipinski definition) is 7. The number of aliphatic hydroxyl groups excluding tert-OH is 2. The molecule has 1 aliphatic rings. The van der Waals surface area contributed by atoms with Gasteiger partial charge >= 0.3 is 11.9 Å². The average molecular weight is 579 g/mol. The van der Waals surface area contributed by atoms with Crippen molar-refractivity contribution in [1.82, 2.24) is 0 Å². The van der Waals surface area contributed by atoms with Gasteiger partial charge in [-0.15, -0.1) is 0 Å². The largest absolute Gasteiger partial charge is 0.462 e. The van der Waals surface area contributed by atoms with E-state index in [9.17, 15) is 9.59 Å². The minimum atomic E-state index is -0.684. The molecule has 1 heterocycles. The van der Waals surface area contributed by atoms with E-state index in [0.717, 1.165) is 25.7 Å². The predicted octanol–water partition coefficient (Wildman–Crippen LogP) is 5.93. The van der Waals surface area contributed by atoms with Crippen LogP contribution in [-0.4, -0.2) is 61.3 Å². The van der Waals surface area contributed by atoms with E-state index in [1.807, 2.05) is 0 Å². The first-order valence-corrected chi connectivity index (χ1v) is 15.1. The third kappa shape index (κ3) is 10.5. The van der Waals surface area contributed by atoms with Crippen LogP contribution in [0.3, 0.4) is 0 Å². The molecule has 0 amide bonds. The Morgan fingerprint density at radius 1 is 0.881 bits per heavy atom. The van der Waals surface area contributed by atoms with Crippen LogP contribution in [0.1, 0.15) is 68.9 Å². The fourth-order valence-electron chi connectivity index (χ4n) is 5.04. The van der Waals surface area contributed by atoms with Gasteiger partial charge in [-0.05, 0) is 60.8 Å². The van der Waals surface area contributed by atoms with Gasteiger partial charge in [0, 0.05) is 11.8 Å². The first-order chi connectivity index (χ1) is 20.3. The van der Waals surface area contributed by atoms with Gasteiger partial charge in [-0.2, -0.15) is 0 Å². The standard InChI is InChI=1S/C35H46O7/c1-4-5-6-7-27-8-11-29(12-9-27)30-13-15-31(16-14-30)32-17-19-33(40-24-32)18-10-28(22-41-34(38)25(2)20-36)23-42-35(39)26(3)21-37/h8-9,11-16,28,32-33,36-37H,2-7,10,17-24H2,1H3. The summed E-state index contributed by atoms with van der Waals surface area (Å²) in [5.74, 6) is -1.30. The van der Waals surface area contributed by atoms with Crippen LogP contribution >= 0.6 is 0 Å². The lowest BCUT2D eigenvalue weighted by Gasteiger charge is -2.30.